The summed E-state index contributed by atoms with van der Waals surface area (Å²) >= 11 is 0. The molecule has 1 amide bonds. The summed E-state index contributed by atoms with van der Waals surface area (Å²) in [5.74, 6) is 1.65. The first-order chi connectivity index (χ1) is 8.67. The third-order valence-electron chi connectivity index (χ3n) is 3.59. The predicted octanol–water partition coefficient (Wildman–Crippen LogP) is 2.92. The summed E-state index contributed by atoms with van der Waals surface area (Å²) in [6.45, 7) is 13.0. The smallest absolute Gasteiger partial charge is 0.407 e. The number of amides is 1. The second-order valence-corrected chi connectivity index (χ2v) is 7.13. The van der Waals surface area contributed by atoms with E-state index in [1.54, 1.807) is 0 Å². The van der Waals surface area contributed by atoms with Crippen molar-refractivity contribution in [3.63, 3.8) is 0 Å². The molecule has 0 spiro atoms. The molecular weight excluding hydrogens is 240 g/mol. The molecule has 1 aliphatic rings. The van der Waals surface area contributed by atoms with Crippen LogP contribution >= 0.6 is 0 Å². The van der Waals surface area contributed by atoms with Crippen molar-refractivity contribution in [2.24, 2.45) is 11.8 Å². The first-order valence-corrected chi connectivity index (χ1v) is 7.40. The van der Waals surface area contributed by atoms with E-state index in [0.29, 0.717) is 6.04 Å². The lowest BCUT2D eigenvalue weighted by atomic mass is 9.73. The summed E-state index contributed by atoms with van der Waals surface area (Å²) < 4.78 is 5.23. The van der Waals surface area contributed by atoms with Crippen LogP contribution in [0.3, 0.4) is 0 Å². The Labute approximate surface area is 117 Å². The van der Waals surface area contributed by atoms with Gasteiger partial charge >= 0.3 is 6.09 Å². The van der Waals surface area contributed by atoms with E-state index in [1.165, 1.54) is 12.8 Å². The molecule has 0 aliphatic heterocycles. The lowest BCUT2D eigenvalue weighted by Gasteiger charge is -2.39. The number of nitrogens with one attached hydrogen (secondary N) is 2. The minimum absolute atomic E-state index is 0.0907. The number of ether oxygens (including phenoxy) is 1. The zero-order valence-electron chi connectivity index (χ0n) is 13.2. The molecule has 0 radical (unpaired) electrons. The average Bonchev–Trinajstić information content (AvgIpc) is 2.10. The van der Waals surface area contributed by atoms with Crippen molar-refractivity contribution in [3.8, 4) is 0 Å². The Hall–Kier alpha value is -0.770. The minimum atomic E-state index is -0.435. The minimum Gasteiger partial charge on any atom is -0.444 e. The maximum Gasteiger partial charge on any atom is 0.407 e. The molecule has 0 aromatic rings. The number of carbonyl (C=O) groups excluding carboxylic acids is 1. The second-order valence-electron chi connectivity index (χ2n) is 7.13. The third kappa shape index (κ3) is 6.28. The van der Waals surface area contributed by atoms with E-state index in [9.17, 15) is 4.79 Å². The highest BCUT2D eigenvalue weighted by molar-refractivity contribution is 5.68. The summed E-state index contributed by atoms with van der Waals surface area (Å²) in [5.41, 5.74) is -0.435. The maximum absolute atomic E-state index is 11.6. The summed E-state index contributed by atoms with van der Waals surface area (Å²) in [6, 6.07) is 0.711. The number of alkyl carbamates (subject to hydrolysis) is 1. The molecule has 0 aromatic carbocycles. The molecule has 4 nitrogen and oxygen atoms in total. The average molecular weight is 270 g/mol. The van der Waals surface area contributed by atoms with Crippen LogP contribution in [-0.4, -0.2) is 30.3 Å². The van der Waals surface area contributed by atoms with E-state index in [0.717, 1.165) is 18.4 Å². The number of hydrogen-bond acceptors (Lipinski definition) is 3. The molecule has 0 aromatic heterocycles. The van der Waals surface area contributed by atoms with E-state index < -0.39 is 5.60 Å². The molecular formula is C15H30N2O2. The van der Waals surface area contributed by atoms with Gasteiger partial charge in [-0.1, -0.05) is 13.8 Å². The molecule has 2 N–H and O–H groups in total. The van der Waals surface area contributed by atoms with Gasteiger partial charge < -0.3 is 15.4 Å². The van der Waals surface area contributed by atoms with Crippen LogP contribution in [0.15, 0.2) is 0 Å². The molecule has 4 heteroatoms. The normalized spacial score (nSPS) is 24.8. The van der Waals surface area contributed by atoms with Crippen LogP contribution in [0.25, 0.3) is 0 Å². The predicted molar refractivity (Wildman–Crippen MR) is 78.2 cm³/mol. The van der Waals surface area contributed by atoms with Gasteiger partial charge in [0.2, 0.25) is 0 Å². The van der Waals surface area contributed by atoms with Crippen molar-refractivity contribution in [2.75, 3.05) is 6.54 Å². The maximum atomic E-state index is 11.6. The van der Waals surface area contributed by atoms with Crippen LogP contribution < -0.4 is 10.6 Å². The van der Waals surface area contributed by atoms with E-state index in [2.05, 4.69) is 24.5 Å². The number of hydrogen-bond donors (Lipinski definition) is 2. The van der Waals surface area contributed by atoms with E-state index in [-0.39, 0.29) is 12.1 Å². The van der Waals surface area contributed by atoms with Gasteiger partial charge in [0.15, 0.2) is 0 Å². The molecule has 112 valence electrons. The first kappa shape index (κ1) is 16.3. The molecule has 0 saturated heterocycles. The van der Waals surface area contributed by atoms with Gasteiger partial charge in [-0.2, -0.15) is 0 Å². The topological polar surface area (TPSA) is 50.4 Å². The van der Waals surface area contributed by atoms with Crippen molar-refractivity contribution in [1.82, 2.24) is 10.6 Å². The van der Waals surface area contributed by atoms with Gasteiger partial charge in [-0.3, -0.25) is 0 Å². The highest BCUT2D eigenvalue weighted by atomic mass is 16.6. The quantitative estimate of drug-likeness (QED) is 0.807. The van der Waals surface area contributed by atoms with E-state index in [4.69, 9.17) is 4.74 Å². The summed E-state index contributed by atoms with van der Waals surface area (Å²) in [7, 11) is 0. The highest BCUT2D eigenvalue weighted by Gasteiger charge is 2.30. The van der Waals surface area contributed by atoms with Crippen molar-refractivity contribution >= 4 is 6.09 Å². The van der Waals surface area contributed by atoms with Crippen molar-refractivity contribution < 1.29 is 9.53 Å². The van der Waals surface area contributed by atoms with Gasteiger partial charge in [0.1, 0.15) is 5.60 Å². The Morgan fingerprint density at radius 1 is 1.26 bits per heavy atom. The van der Waals surface area contributed by atoms with Crippen LogP contribution in [0, 0.1) is 11.8 Å². The Morgan fingerprint density at radius 2 is 1.84 bits per heavy atom. The van der Waals surface area contributed by atoms with Gasteiger partial charge in [0, 0.05) is 18.6 Å². The lowest BCUT2D eigenvalue weighted by Crippen LogP contribution is -2.49. The van der Waals surface area contributed by atoms with Gasteiger partial charge in [-0.25, -0.2) is 4.79 Å². The molecule has 0 bridgehead atoms. The molecule has 1 unspecified atom stereocenters. The molecule has 1 aliphatic carbocycles. The fraction of sp³-hybridized carbons (Fsp3) is 0.933. The zero-order valence-corrected chi connectivity index (χ0v) is 13.2. The largest absolute Gasteiger partial charge is 0.444 e. The Morgan fingerprint density at radius 3 is 2.32 bits per heavy atom. The lowest BCUT2D eigenvalue weighted by molar-refractivity contribution is 0.0505. The summed E-state index contributed by atoms with van der Waals surface area (Å²) in [5, 5.41) is 6.35. The van der Waals surface area contributed by atoms with Crippen LogP contribution in [-0.2, 0) is 4.74 Å². The van der Waals surface area contributed by atoms with Crippen molar-refractivity contribution in [3.05, 3.63) is 0 Å². The van der Waals surface area contributed by atoms with Crippen LogP contribution in [0.5, 0.6) is 0 Å². The van der Waals surface area contributed by atoms with E-state index >= 15 is 0 Å². The molecule has 1 fully saturated rings. The Bertz CT molecular complexity index is 291. The van der Waals surface area contributed by atoms with Gasteiger partial charge in [-0.15, -0.1) is 0 Å². The SMILES string of the molecule is CC(CNC1CC(C(C)C)C1)NC(=O)OC(C)(C)C. The number of rotatable bonds is 5. The van der Waals surface area contributed by atoms with Crippen LogP contribution in [0.1, 0.15) is 54.4 Å². The van der Waals surface area contributed by atoms with Crippen molar-refractivity contribution in [2.45, 2.75) is 72.1 Å². The van der Waals surface area contributed by atoms with Gasteiger partial charge in [-0.05, 0) is 52.4 Å². The Balaban J connectivity index is 2.12. The van der Waals surface area contributed by atoms with Crippen LogP contribution in [0.2, 0.25) is 0 Å². The monoisotopic (exact) mass is 270 g/mol. The van der Waals surface area contributed by atoms with Gasteiger partial charge in [0.25, 0.3) is 0 Å². The highest BCUT2D eigenvalue weighted by Crippen LogP contribution is 2.33. The fourth-order valence-corrected chi connectivity index (χ4v) is 2.28. The molecule has 1 rings (SSSR count). The Kier molecular flexibility index (Phi) is 5.65. The standard InChI is InChI=1S/C15H30N2O2/c1-10(2)12-7-13(8-12)16-9-11(3)17-14(18)19-15(4,5)6/h10-13,16H,7-9H2,1-6H3,(H,17,18). The first-order valence-electron chi connectivity index (χ1n) is 7.40. The molecule has 19 heavy (non-hydrogen) atoms. The summed E-state index contributed by atoms with van der Waals surface area (Å²) in [4.78, 5) is 11.6. The molecule has 1 saturated carbocycles. The fourth-order valence-electron chi connectivity index (χ4n) is 2.28. The van der Waals surface area contributed by atoms with Gasteiger partial charge in [0.05, 0.1) is 0 Å². The molecule has 0 heterocycles. The van der Waals surface area contributed by atoms with Crippen molar-refractivity contribution in [1.29, 1.82) is 0 Å². The third-order valence-corrected chi connectivity index (χ3v) is 3.59. The zero-order chi connectivity index (χ0) is 14.6. The van der Waals surface area contributed by atoms with Crippen LogP contribution in [0.4, 0.5) is 4.79 Å². The number of carbonyl (C=O) groups is 1. The van der Waals surface area contributed by atoms with E-state index in [1.807, 2.05) is 27.7 Å². The molecule has 1 atom stereocenters. The summed E-state index contributed by atoms with van der Waals surface area (Å²) in [6.07, 6.45) is 2.18. The second kappa shape index (κ2) is 6.60.